The Morgan fingerprint density at radius 2 is 1.90 bits per heavy atom. The van der Waals surface area contributed by atoms with E-state index >= 15 is 0 Å². The molecule has 0 aliphatic heterocycles. The average molecular weight is 271 g/mol. The fraction of sp³-hybridized carbons (Fsp3) is 0.188. The van der Waals surface area contributed by atoms with Gasteiger partial charge in [0.2, 0.25) is 0 Å². The first-order valence-corrected chi connectivity index (χ1v) is 6.44. The normalized spacial score (nSPS) is 10.3. The molecule has 0 saturated carbocycles. The molecule has 3 N–H and O–H groups in total. The fourth-order valence-corrected chi connectivity index (χ4v) is 2.05. The van der Waals surface area contributed by atoms with Gasteiger partial charge in [0.15, 0.2) is 11.5 Å². The van der Waals surface area contributed by atoms with Crippen LogP contribution in [-0.4, -0.2) is 16.1 Å². The maximum atomic E-state index is 12.2. The van der Waals surface area contributed by atoms with Gasteiger partial charge in [-0.2, -0.15) is 0 Å². The van der Waals surface area contributed by atoms with Crippen LogP contribution in [-0.2, 0) is 6.42 Å². The molecule has 0 aromatic heterocycles. The number of carbonyl (C=O) groups is 1. The standard InChI is InChI=1S/C16H17NO3/c1-3-11-6-4-5-10(2)15(11)17-16(20)12-7-8-13(18)14(19)9-12/h4-9,18-19H,3H2,1-2H3,(H,17,20). The Balaban J connectivity index is 2.30. The van der Waals surface area contributed by atoms with Crippen LogP contribution in [0.1, 0.15) is 28.4 Å². The van der Waals surface area contributed by atoms with E-state index in [-0.39, 0.29) is 17.4 Å². The van der Waals surface area contributed by atoms with Crippen LogP contribution in [0.4, 0.5) is 5.69 Å². The predicted molar refractivity (Wildman–Crippen MR) is 78.3 cm³/mol. The lowest BCUT2D eigenvalue weighted by Gasteiger charge is -2.13. The van der Waals surface area contributed by atoms with Crippen LogP contribution in [0.3, 0.4) is 0 Å². The highest BCUT2D eigenvalue weighted by Gasteiger charge is 2.12. The molecule has 0 atom stereocenters. The summed E-state index contributed by atoms with van der Waals surface area (Å²) in [5.41, 5.74) is 3.14. The number of phenolic OH excluding ortho intramolecular Hbond substituents is 2. The summed E-state index contributed by atoms with van der Waals surface area (Å²) in [4.78, 5) is 12.2. The minimum Gasteiger partial charge on any atom is -0.504 e. The van der Waals surface area contributed by atoms with Crippen molar-refractivity contribution in [3.05, 3.63) is 53.1 Å². The molecule has 1 amide bonds. The second kappa shape index (κ2) is 5.65. The summed E-state index contributed by atoms with van der Waals surface area (Å²) in [6.45, 7) is 3.96. The molecule has 0 aliphatic carbocycles. The Morgan fingerprint density at radius 1 is 1.15 bits per heavy atom. The van der Waals surface area contributed by atoms with Crippen molar-refractivity contribution < 1.29 is 15.0 Å². The molecule has 0 fully saturated rings. The van der Waals surface area contributed by atoms with Crippen molar-refractivity contribution in [3.63, 3.8) is 0 Å². The van der Waals surface area contributed by atoms with E-state index in [1.165, 1.54) is 18.2 Å². The van der Waals surface area contributed by atoms with Gasteiger partial charge in [0.05, 0.1) is 0 Å². The van der Waals surface area contributed by atoms with Crippen LogP contribution in [0.15, 0.2) is 36.4 Å². The van der Waals surface area contributed by atoms with E-state index in [1.54, 1.807) is 0 Å². The van der Waals surface area contributed by atoms with Gasteiger partial charge in [-0.15, -0.1) is 0 Å². The number of carbonyl (C=O) groups excluding carboxylic acids is 1. The monoisotopic (exact) mass is 271 g/mol. The van der Waals surface area contributed by atoms with Crippen LogP contribution < -0.4 is 5.32 Å². The third-order valence-electron chi connectivity index (χ3n) is 3.22. The van der Waals surface area contributed by atoms with E-state index in [2.05, 4.69) is 5.32 Å². The van der Waals surface area contributed by atoms with Gasteiger partial charge in [-0.05, 0) is 42.7 Å². The van der Waals surface area contributed by atoms with Crippen LogP contribution in [0.2, 0.25) is 0 Å². The molecule has 0 spiro atoms. The molecule has 0 aliphatic rings. The van der Waals surface area contributed by atoms with E-state index in [0.29, 0.717) is 5.56 Å². The van der Waals surface area contributed by atoms with Gasteiger partial charge in [0, 0.05) is 11.3 Å². The van der Waals surface area contributed by atoms with Crippen LogP contribution in [0.5, 0.6) is 11.5 Å². The summed E-state index contributed by atoms with van der Waals surface area (Å²) in [5.74, 6) is -0.867. The molecule has 0 unspecified atom stereocenters. The van der Waals surface area contributed by atoms with Gasteiger partial charge in [-0.3, -0.25) is 4.79 Å². The van der Waals surface area contributed by atoms with Gasteiger partial charge >= 0.3 is 0 Å². The number of para-hydroxylation sites is 1. The highest BCUT2D eigenvalue weighted by Crippen LogP contribution is 2.26. The van der Waals surface area contributed by atoms with Gasteiger partial charge in [-0.1, -0.05) is 25.1 Å². The van der Waals surface area contributed by atoms with Crippen molar-refractivity contribution in [3.8, 4) is 11.5 Å². The zero-order valence-corrected chi connectivity index (χ0v) is 11.5. The summed E-state index contributed by atoms with van der Waals surface area (Å²) >= 11 is 0. The SMILES string of the molecule is CCc1cccc(C)c1NC(=O)c1ccc(O)c(O)c1. The molecule has 104 valence electrons. The number of hydrogen-bond donors (Lipinski definition) is 3. The molecule has 0 saturated heterocycles. The van der Waals surface area contributed by atoms with Crippen LogP contribution >= 0.6 is 0 Å². The number of aromatic hydroxyl groups is 2. The number of nitrogens with one attached hydrogen (secondary N) is 1. The molecule has 4 heteroatoms. The zero-order chi connectivity index (χ0) is 14.7. The Bertz CT molecular complexity index is 650. The number of rotatable bonds is 3. The molecule has 4 nitrogen and oxygen atoms in total. The second-order valence-corrected chi connectivity index (χ2v) is 4.62. The first kappa shape index (κ1) is 13.9. The van der Waals surface area contributed by atoms with Gasteiger partial charge in [-0.25, -0.2) is 0 Å². The molecule has 2 rings (SSSR count). The molecule has 2 aromatic rings. The maximum absolute atomic E-state index is 12.2. The van der Waals surface area contributed by atoms with Gasteiger partial charge < -0.3 is 15.5 Å². The molecule has 0 heterocycles. The molecule has 0 bridgehead atoms. The summed E-state index contributed by atoms with van der Waals surface area (Å²) in [6.07, 6.45) is 0.818. The van der Waals surface area contributed by atoms with Crippen molar-refractivity contribution in [2.24, 2.45) is 0 Å². The third kappa shape index (κ3) is 2.74. The Hall–Kier alpha value is -2.49. The molecule has 2 aromatic carbocycles. The minimum atomic E-state index is -0.315. The van der Waals surface area contributed by atoms with Crippen molar-refractivity contribution in [1.82, 2.24) is 0 Å². The topological polar surface area (TPSA) is 69.6 Å². The molecular formula is C16H17NO3. The maximum Gasteiger partial charge on any atom is 0.255 e. The first-order chi connectivity index (χ1) is 9.52. The summed E-state index contributed by atoms with van der Waals surface area (Å²) in [7, 11) is 0. The number of amides is 1. The summed E-state index contributed by atoms with van der Waals surface area (Å²) in [6, 6.07) is 9.86. The van der Waals surface area contributed by atoms with Crippen molar-refractivity contribution in [2.45, 2.75) is 20.3 Å². The highest BCUT2D eigenvalue weighted by atomic mass is 16.3. The lowest BCUT2D eigenvalue weighted by Crippen LogP contribution is -2.14. The van der Waals surface area contributed by atoms with Gasteiger partial charge in [0.25, 0.3) is 5.91 Å². The minimum absolute atomic E-state index is 0.244. The molecule has 0 radical (unpaired) electrons. The lowest BCUT2D eigenvalue weighted by molar-refractivity contribution is 0.102. The number of aryl methyl sites for hydroxylation is 2. The average Bonchev–Trinajstić information content (AvgIpc) is 2.44. The number of benzene rings is 2. The zero-order valence-electron chi connectivity index (χ0n) is 11.5. The quantitative estimate of drug-likeness (QED) is 0.751. The van der Waals surface area contributed by atoms with Crippen molar-refractivity contribution in [2.75, 3.05) is 5.32 Å². The number of hydrogen-bond acceptors (Lipinski definition) is 3. The Morgan fingerprint density at radius 3 is 2.55 bits per heavy atom. The van der Waals surface area contributed by atoms with E-state index in [9.17, 15) is 15.0 Å². The molecule has 20 heavy (non-hydrogen) atoms. The first-order valence-electron chi connectivity index (χ1n) is 6.44. The van der Waals surface area contributed by atoms with E-state index < -0.39 is 0 Å². The lowest BCUT2D eigenvalue weighted by atomic mass is 10.1. The second-order valence-electron chi connectivity index (χ2n) is 4.62. The Kier molecular flexibility index (Phi) is 3.94. The van der Waals surface area contributed by atoms with Crippen molar-refractivity contribution >= 4 is 11.6 Å². The van der Waals surface area contributed by atoms with E-state index in [1.807, 2.05) is 32.0 Å². The molecular weight excluding hydrogens is 254 g/mol. The largest absolute Gasteiger partial charge is 0.504 e. The summed E-state index contributed by atoms with van der Waals surface area (Å²) in [5, 5.41) is 21.6. The van der Waals surface area contributed by atoms with E-state index in [0.717, 1.165) is 23.2 Å². The number of anilines is 1. The third-order valence-corrected chi connectivity index (χ3v) is 3.22. The fourth-order valence-electron chi connectivity index (χ4n) is 2.05. The van der Waals surface area contributed by atoms with Crippen LogP contribution in [0, 0.1) is 6.92 Å². The highest BCUT2D eigenvalue weighted by molar-refractivity contribution is 6.05. The smallest absolute Gasteiger partial charge is 0.255 e. The van der Waals surface area contributed by atoms with Crippen molar-refractivity contribution in [1.29, 1.82) is 0 Å². The van der Waals surface area contributed by atoms with Crippen LogP contribution in [0.25, 0.3) is 0 Å². The summed E-state index contributed by atoms with van der Waals surface area (Å²) < 4.78 is 0. The number of phenols is 2. The predicted octanol–water partition coefficient (Wildman–Crippen LogP) is 3.22. The Labute approximate surface area is 117 Å². The van der Waals surface area contributed by atoms with Gasteiger partial charge in [0.1, 0.15) is 0 Å². The van der Waals surface area contributed by atoms with E-state index in [4.69, 9.17) is 0 Å².